The van der Waals surface area contributed by atoms with E-state index in [1.807, 2.05) is 82.3 Å². The lowest BCUT2D eigenvalue weighted by atomic mass is 10.0. The van der Waals surface area contributed by atoms with E-state index >= 15 is 0 Å². The van der Waals surface area contributed by atoms with Crippen molar-refractivity contribution in [3.63, 3.8) is 0 Å². The molecule has 3 aromatic carbocycles. The highest BCUT2D eigenvalue weighted by atomic mass is 35.5. The molecule has 40 heavy (non-hydrogen) atoms. The molecule has 1 unspecified atom stereocenters. The minimum absolute atomic E-state index is 0.0372. The zero-order valence-corrected chi connectivity index (χ0v) is 25.3. The van der Waals surface area contributed by atoms with Gasteiger partial charge in [0.15, 0.2) is 0 Å². The molecule has 2 amide bonds. The summed E-state index contributed by atoms with van der Waals surface area (Å²) in [5, 5.41) is 3.43. The van der Waals surface area contributed by atoms with Crippen molar-refractivity contribution in [1.82, 2.24) is 10.2 Å². The van der Waals surface area contributed by atoms with E-state index in [1.54, 1.807) is 18.2 Å². The summed E-state index contributed by atoms with van der Waals surface area (Å²) < 4.78 is 27.2. The van der Waals surface area contributed by atoms with Gasteiger partial charge >= 0.3 is 0 Å². The lowest BCUT2D eigenvalue weighted by Crippen LogP contribution is -2.53. The lowest BCUT2D eigenvalue weighted by molar-refractivity contribution is -0.140. The first-order valence-corrected chi connectivity index (χ1v) is 15.5. The Morgan fingerprint density at radius 1 is 0.900 bits per heavy atom. The van der Waals surface area contributed by atoms with Crippen molar-refractivity contribution < 1.29 is 18.0 Å². The smallest absolute Gasteiger partial charge is 0.244 e. The third kappa shape index (κ3) is 8.32. The molecule has 3 aromatic rings. The van der Waals surface area contributed by atoms with Crippen molar-refractivity contribution in [2.24, 2.45) is 5.92 Å². The van der Waals surface area contributed by atoms with E-state index in [1.165, 1.54) is 4.90 Å². The number of nitrogens with zero attached hydrogens (tertiary/aromatic N) is 2. The van der Waals surface area contributed by atoms with E-state index in [9.17, 15) is 18.0 Å². The van der Waals surface area contributed by atoms with Crippen molar-refractivity contribution in [2.45, 2.75) is 46.7 Å². The molecular formula is C31H38ClN3O4S. The highest BCUT2D eigenvalue weighted by Crippen LogP contribution is 2.28. The van der Waals surface area contributed by atoms with Gasteiger partial charge in [-0.15, -0.1) is 0 Å². The van der Waals surface area contributed by atoms with E-state index < -0.39 is 28.5 Å². The second kappa shape index (κ2) is 13.8. The number of anilines is 1. The van der Waals surface area contributed by atoms with Crippen molar-refractivity contribution >= 4 is 39.1 Å². The molecule has 0 aliphatic carbocycles. The Kier molecular flexibility index (Phi) is 10.8. The van der Waals surface area contributed by atoms with Crippen LogP contribution in [0, 0.1) is 19.8 Å². The summed E-state index contributed by atoms with van der Waals surface area (Å²) in [6.07, 6.45) is 1.34. The number of carbonyl (C=O) groups is 2. The van der Waals surface area contributed by atoms with Crippen LogP contribution < -0.4 is 9.62 Å². The molecule has 1 N–H and O–H groups in total. The predicted molar refractivity (Wildman–Crippen MR) is 162 cm³/mol. The van der Waals surface area contributed by atoms with Gasteiger partial charge in [0, 0.05) is 24.5 Å². The Balaban J connectivity index is 2.09. The van der Waals surface area contributed by atoms with Gasteiger partial charge in [-0.05, 0) is 48.1 Å². The van der Waals surface area contributed by atoms with Crippen LogP contribution in [0.2, 0.25) is 5.02 Å². The fourth-order valence-electron chi connectivity index (χ4n) is 4.56. The number of rotatable bonds is 12. The minimum Gasteiger partial charge on any atom is -0.354 e. The van der Waals surface area contributed by atoms with E-state index in [-0.39, 0.29) is 24.8 Å². The number of hydrogen-bond acceptors (Lipinski definition) is 4. The molecule has 0 aliphatic heterocycles. The molecule has 7 nitrogen and oxygen atoms in total. The maximum Gasteiger partial charge on any atom is 0.244 e. The summed E-state index contributed by atoms with van der Waals surface area (Å²) in [6.45, 7) is 7.62. The predicted octanol–water partition coefficient (Wildman–Crippen LogP) is 5.14. The molecule has 0 aliphatic rings. The van der Waals surface area contributed by atoms with Crippen molar-refractivity contribution in [1.29, 1.82) is 0 Å². The third-order valence-electron chi connectivity index (χ3n) is 6.62. The van der Waals surface area contributed by atoms with Crippen LogP contribution in [-0.2, 0) is 32.6 Å². The number of aryl methyl sites for hydroxylation is 2. The molecule has 3 rings (SSSR count). The molecule has 0 radical (unpaired) electrons. The van der Waals surface area contributed by atoms with Crippen LogP contribution in [0.3, 0.4) is 0 Å². The second-order valence-corrected chi connectivity index (χ2v) is 12.8. The monoisotopic (exact) mass is 583 g/mol. The Bertz CT molecular complexity index is 1410. The zero-order chi connectivity index (χ0) is 29.4. The van der Waals surface area contributed by atoms with Gasteiger partial charge in [0.25, 0.3) is 0 Å². The van der Waals surface area contributed by atoms with E-state index in [0.717, 1.165) is 27.3 Å². The molecule has 0 saturated carbocycles. The first kappa shape index (κ1) is 31.2. The second-order valence-electron chi connectivity index (χ2n) is 10.5. The number of halogens is 1. The van der Waals surface area contributed by atoms with Crippen LogP contribution in [0.1, 0.15) is 36.1 Å². The van der Waals surface area contributed by atoms with Crippen LogP contribution >= 0.6 is 11.6 Å². The summed E-state index contributed by atoms with van der Waals surface area (Å²) in [5.41, 5.74) is 3.45. The third-order valence-corrected chi connectivity index (χ3v) is 8.10. The molecule has 1 atom stereocenters. The van der Waals surface area contributed by atoms with Crippen molar-refractivity contribution in [3.8, 4) is 0 Å². The molecule has 0 fully saturated rings. The topological polar surface area (TPSA) is 86.8 Å². The minimum atomic E-state index is -3.84. The fourth-order valence-corrected chi connectivity index (χ4v) is 5.72. The van der Waals surface area contributed by atoms with Gasteiger partial charge in [0.05, 0.1) is 11.9 Å². The van der Waals surface area contributed by atoms with Gasteiger partial charge in [-0.2, -0.15) is 0 Å². The van der Waals surface area contributed by atoms with Crippen molar-refractivity contribution in [3.05, 3.63) is 100 Å². The normalized spacial score (nSPS) is 12.2. The van der Waals surface area contributed by atoms with Gasteiger partial charge in [0.2, 0.25) is 21.8 Å². The number of hydrogen-bond donors (Lipinski definition) is 1. The number of benzene rings is 3. The molecule has 0 bridgehead atoms. The number of para-hydroxylation sites is 1. The summed E-state index contributed by atoms with van der Waals surface area (Å²) in [6, 6.07) is 21.1. The van der Waals surface area contributed by atoms with E-state index in [0.29, 0.717) is 22.8 Å². The van der Waals surface area contributed by atoms with Crippen molar-refractivity contribution in [2.75, 3.05) is 23.7 Å². The van der Waals surface area contributed by atoms with Crippen LogP contribution in [0.5, 0.6) is 0 Å². The zero-order valence-electron chi connectivity index (χ0n) is 23.7. The molecule has 0 heterocycles. The molecular weight excluding hydrogens is 546 g/mol. The highest BCUT2D eigenvalue weighted by molar-refractivity contribution is 7.92. The number of carbonyl (C=O) groups excluding carboxylic acids is 2. The fraction of sp³-hybridized carbons (Fsp3) is 0.355. The Morgan fingerprint density at radius 2 is 1.50 bits per heavy atom. The van der Waals surface area contributed by atoms with Gasteiger partial charge in [0.1, 0.15) is 12.6 Å². The first-order chi connectivity index (χ1) is 18.9. The van der Waals surface area contributed by atoms with Gasteiger partial charge in [-0.25, -0.2) is 8.42 Å². The summed E-state index contributed by atoms with van der Waals surface area (Å²) >= 11 is 6.49. The number of sulfonamides is 1. The lowest BCUT2D eigenvalue weighted by Gasteiger charge is -2.34. The average molecular weight is 584 g/mol. The van der Waals surface area contributed by atoms with Crippen LogP contribution in [0.4, 0.5) is 5.69 Å². The van der Waals surface area contributed by atoms with Gasteiger partial charge < -0.3 is 10.2 Å². The largest absolute Gasteiger partial charge is 0.354 e. The molecule has 0 saturated heterocycles. The Morgan fingerprint density at radius 3 is 2.08 bits per heavy atom. The Labute approximate surface area is 243 Å². The van der Waals surface area contributed by atoms with Crippen LogP contribution in [-0.4, -0.2) is 50.5 Å². The van der Waals surface area contributed by atoms with E-state index in [4.69, 9.17) is 11.6 Å². The van der Waals surface area contributed by atoms with Crippen LogP contribution in [0.15, 0.2) is 72.8 Å². The number of amides is 2. The van der Waals surface area contributed by atoms with Gasteiger partial charge in [-0.1, -0.05) is 92.2 Å². The van der Waals surface area contributed by atoms with Gasteiger partial charge in [-0.3, -0.25) is 13.9 Å². The summed E-state index contributed by atoms with van der Waals surface area (Å²) in [4.78, 5) is 29.3. The Hall–Kier alpha value is -3.36. The SMILES string of the molecule is Cc1cccc(C)c1N(CC(=O)N(Cc1ccccc1Cl)C(Cc1ccccc1)C(=O)NCC(C)C)S(C)(=O)=O. The average Bonchev–Trinajstić information content (AvgIpc) is 2.89. The molecule has 0 spiro atoms. The maximum atomic E-state index is 14.2. The van der Waals surface area contributed by atoms with E-state index in [2.05, 4.69) is 5.32 Å². The summed E-state index contributed by atoms with van der Waals surface area (Å²) in [5.74, 6) is -0.608. The quantitative estimate of drug-likeness (QED) is 0.320. The first-order valence-electron chi connectivity index (χ1n) is 13.3. The molecule has 0 aromatic heterocycles. The maximum absolute atomic E-state index is 14.2. The molecule has 214 valence electrons. The van der Waals surface area contributed by atoms with Crippen LogP contribution in [0.25, 0.3) is 0 Å². The highest BCUT2D eigenvalue weighted by Gasteiger charge is 2.34. The molecule has 9 heteroatoms. The number of nitrogens with one attached hydrogen (secondary N) is 1. The standard InChI is InChI=1S/C31H38ClN3O4S/c1-22(2)19-33-31(37)28(18-25-14-7-6-8-15-25)34(20-26-16-9-10-17-27(26)32)29(36)21-35(40(5,38)39)30-23(3)12-11-13-24(30)4/h6-17,22,28H,18-21H2,1-5H3,(H,33,37). The summed E-state index contributed by atoms with van der Waals surface area (Å²) in [7, 11) is -3.84.